The molecule has 3 nitrogen and oxygen atoms in total. The number of carbonyl (C=O) groups is 1. The Balaban J connectivity index is 1.45. The number of benzene rings is 3. The van der Waals surface area contributed by atoms with Crippen LogP contribution in [-0.4, -0.2) is 28.9 Å². The lowest BCUT2D eigenvalue weighted by molar-refractivity contribution is -0.143. The third kappa shape index (κ3) is 5.51. The number of aromatic nitrogens is 1. The number of amides is 1. The van der Waals surface area contributed by atoms with Gasteiger partial charge in [-0.15, -0.1) is 11.3 Å². The van der Waals surface area contributed by atoms with E-state index in [-0.39, 0.29) is 29.0 Å². The van der Waals surface area contributed by atoms with E-state index in [9.17, 15) is 31.1 Å². The minimum Gasteiger partial charge on any atom is -0.338 e. The number of hydrogen-bond donors (Lipinski definition) is 0. The molecule has 0 radical (unpaired) electrons. The van der Waals surface area contributed by atoms with Gasteiger partial charge < -0.3 is 4.90 Å². The Labute approximate surface area is 241 Å². The molecule has 1 aliphatic rings. The van der Waals surface area contributed by atoms with Crippen molar-refractivity contribution in [1.29, 1.82) is 0 Å². The second-order valence-electron chi connectivity index (χ2n) is 10.2. The summed E-state index contributed by atoms with van der Waals surface area (Å²) in [6.07, 6.45) is -5.75. The van der Waals surface area contributed by atoms with Crippen molar-refractivity contribution in [3.8, 4) is 21.6 Å². The van der Waals surface area contributed by atoms with Crippen LogP contribution < -0.4 is 0 Å². The number of thiophene rings is 1. The van der Waals surface area contributed by atoms with Crippen LogP contribution in [0.15, 0.2) is 91.3 Å². The first kappa shape index (κ1) is 28.0. The minimum atomic E-state index is -4.98. The summed E-state index contributed by atoms with van der Waals surface area (Å²) in [6, 6.07) is 19.1. The maximum absolute atomic E-state index is 13.7. The van der Waals surface area contributed by atoms with Crippen LogP contribution in [0.2, 0.25) is 0 Å². The van der Waals surface area contributed by atoms with E-state index in [1.54, 1.807) is 23.4 Å². The van der Waals surface area contributed by atoms with Gasteiger partial charge in [-0.2, -0.15) is 26.3 Å². The van der Waals surface area contributed by atoms with Crippen LogP contribution in [0.5, 0.6) is 0 Å². The highest BCUT2D eigenvalue weighted by Gasteiger charge is 2.37. The first-order valence-corrected chi connectivity index (χ1v) is 13.9. The molecule has 1 amide bonds. The first-order valence-electron chi connectivity index (χ1n) is 13.1. The topological polar surface area (TPSA) is 33.2 Å². The predicted octanol–water partition coefficient (Wildman–Crippen LogP) is 9.30. The number of hydrogen-bond acceptors (Lipinski definition) is 3. The molecule has 5 aromatic rings. The van der Waals surface area contributed by atoms with Crippen LogP contribution in [0.25, 0.3) is 31.7 Å². The maximum Gasteiger partial charge on any atom is 0.416 e. The Morgan fingerprint density at radius 3 is 2.24 bits per heavy atom. The lowest BCUT2D eigenvalue weighted by Gasteiger charge is -2.19. The van der Waals surface area contributed by atoms with Gasteiger partial charge in [0.2, 0.25) is 0 Å². The fourth-order valence-corrected chi connectivity index (χ4v) is 6.47. The molecule has 10 heteroatoms. The average Bonchev–Trinajstić information content (AvgIpc) is 3.64. The fourth-order valence-electron chi connectivity index (χ4n) is 5.37. The van der Waals surface area contributed by atoms with Gasteiger partial charge in [0.15, 0.2) is 0 Å². The quantitative estimate of drug-likeness (QED) is 0.194. The molecule has 1 unspecified atom stereocenters. The molecule has 2 aromatic heterocycles. The molecular formula is C32H22F6N2OS. The molecule has 1 aliphatic heterocycles. The summed E-state index contributed by atoms with van der Waals surface area (Å²) in [6.45, 7) is 0.994. The van der Waals surface area contributed by atoms with Gasteiger partial charge in [0.05, 0.1) is 11.1 Å². The van der Waals surface area contributed by atoms with Crippen molar-refractivity contribution >= 4 is 27.3 Å². The van der Waals surface area contributed by atoms with Crippen LogP contribution in [0.4, 0.5) is 26.3 Å². The number of fused-ring (bicyclic) bond motifs is 1. The molecule has 3 aromatic carbocycles. The summed E-state index contributed by atoms with van der Waals surface area (Å²) in [5.74, 6) is -0.134. The molecule has 42 heavy (non-hydrogen) atoms. The van der Waals surface area contributed by atoms with Gasteiger partial charge in [-0.25, -0.2) is 0 Å². The van der Waals surface area contributed by atoms with Gasteiger partial charge in [-0.05, 0) is 77.0 Å². The van der Waals surface area contributed by atoms with Crippen LogP contribution >= 0.6 is 11.3 Å². The molecule has 1 saturated heterocycles. The average molecular weight is 597 g/mol. The molecule has 214 valence electrons. The highest BCUT2D eigenvalue weighted by molar-refractivity contribution is 7.22. The number of rotatable bonds is 4. The Kier molecular flexibility index (Phi) is 7.04. The van der Waals surface area contributed by atoms with Crippen LogP contribution in [0.3, 0.4) is 0 Å². The smallest absolute Gasteiger partial charge is 0.338 e. The van der Waals surface area contributed by atoms with E-state index in [4.69, 9.17) is 0 Å². The molecule has 0 saturated carbocycles. The molecule has 1 atom stereocenters. The summed E-state index contributed by atoms with van der Waals surface area (Å²) < 4.78 is 83.1. The van der Waals surface area contributed by atoms with E-state index in [1.807, 2.05) is 42.5 Å². The van der Waals surface area contributed by atoms with E-state index in [0.717, 1.165) is 34.2 Å². The van der Waals surface area contributed by atoms with E-state index < -0.39 is 23.5 Å². The van der Waals surface area contributed by atoms with Crippen molar-refractivity contribution in [2.45, 2.75) is 24.7 Å². The van der Waals surface area contributed by atoms with Gasteiger partial charge in [0.25, 0.3) is 5.91 Å². The van der Waals surface area contributed by atoms with Crippen LogP contribution in [-0.2, 0) is 12.4 Å². The molecule has 0 aliphatic carbocycles. The molecule has 1 fully saturated rings. The van der Waals surface area contributed by atoms with Crippen molar-refractivity contribution in [3.63, 3.8) is 0 Å². The van der Waals surface area contributed by atoms with Gasteiger partial charge in [0.1, 0.15) is 0 Å². The Bertz CT molecular complexity index is 1710. The lowest BCUT2D eigenvalue weighted by Crippen LogP contribution is -2.28. The number of halogens is 6. The fraction of sp³-hybridized carbons (Fsp3) is 0.188. The third-order valence-electron chi connectivity index (χ3n) is 7.49. The highest BCUT2D eigenvalue weighted by atomic mass is 32.1. The number of nitrogens with zero attached hydrogens (tertiary/aromatic N) is 2. The zero-order valence-electron chi connectivity index (χ0n) is 21.8. The third-order valence-corrected chi connectivity index (χ3v) is 8.64. The highest BCUT2D eigenvalue weighted by Crippen LogP contribution is 2.43. The molecule has 0 bridgehead atoms. The van der Waals surface area contributed by atoms with Crippen molar-refractivity contribution in [2.75, 3.05) is 13.1 Å². The van der Waals surface area contributed by atoms with Crippen LogP contribution in [0.1, 0.15) is 39.4 Å². The molecular weight excluding hydrogens is 574 g/mol. The SMILES string of the molecule is O=C(c1ccc(-c2cc(C(F)(F)F)cc(C(F)(F)F)c2)c(-c2cc3ccccc3s2)c1)N1CCC(c2cccnc2)C1. The Hall–Kier alpha value is -4.18. The maximum atomic E-state index is 13.7. The zero-order valence-corrected chi connectivity index (χ0v) is 22.7. The number of carbonyl (C=O) groups excluding carboxylic acids is 1. The molecule has 3 heterocycles. The minimum absolute atomic E-state index is 0.118. The Morgan fingerprint density at radius 1 is 0.833 bits per heavy atom. The number of alkyl halides is 6. The molecule has 0 spiro atoms. The summed E-state index contributed by atoms with van der Waals surface area (Å²) in [5.41, 5.74) is -1.13. The summed E-state index contributed by atoms with van der Waals surface area (Å²) in [4.78, 5) is 20.1. The van der Waals surface area contributed by atoms with Gasteiger partial charge >= 0.3 is 12.4 Å². The monoisotopic (exact) mass is 596 g/mol. The van der Waals surface area contributed by atoms with E-state index in [1.165, 1.54) is 23.5 Å². The van der Waals surface area contributed by atoms with E-state index in [0.29, 0.717) is 29.1 Å². The number of likely N-dealkylation sites (tertiary alicyclic amines) is 1. The lowest BCUT2D eigenvalue weighted by atomic mass is 9.93. The van der Waals surface area contributed by atoms with Crippen LogP contribution in [0, 0.1) is 0 Å². The second-order valence-corrected chi connectivity index (χ2v) is 11.3. The van der Waals surface area contributed by atoms with Gasteiger partial charge in [-0.1, -0.05) is 30.3 Å². The predicted molar refractivity (Wildman–Crippen MR) is 150 cm³/mol. The Morgan fingerprint density at radius 2 is 1.57 bits per heavy atom. The van der Waals surface area contributed by atoms with Crippen molar-refractivity contribution in [2.24, 2.45) is 0 Å². The largest absolute Gasteiger partial charge is 0.416 e. The van der Waals surface area contributed by atoms with Crippen molar-refractivity contribution < 1.29 is 31.1 Å². The molecule has 0 N–H and O–H groups in total. The van der Waals surface area contributed by atoms with Gasteiger partial charge in [-0.3, -0.25) is 9.78 Å². The van der Waals surface area contributed by atoms with E-state index in [2.05, 4.69) is 4.98 Å². The van der Waals surface area contributed by atoms with Gasteiger partial charge in [0, 0.05) is 52.1 Å². The summed E-state index contributed by atoms with van der Waals surface area (Å²) in [5, 5.41) is 0.874. The second kappa shape index (κ2) is 10.6. The number of pyridine rings is 1. The zero-order chi connectivity index (χ0) is 29.6. The normalized spacial score (nSPS) is 15.9. The van der Waals surface area contributed by atoms with Crippen molar-refractivity contribution in [3.05, 3.63) is 114 Å². The molecule has 6 rings (SSSR count). The summed E-state index contributed by atoms with van der Waals surface area (Å²) in [7, 11) is 0. The van der Waals surface area contributed by atoms with E-state index >= 15 is 0 Å². The first-order chi connectivity index (χ1) is 20.0. The standard InChI is InChI=1S/C32H22F6N2OS/c33-31(34,35)24-12-23(13-25(16-24)32(36,37)38)26-8-7-20(14-27(26)29-15-19-4-1-2-6-28(19)42-29)30(41)40-11-9-22(18-40)21-5-3-10-39-17-21/h1-8,10,12-17,22H,9,11,18H2. The van der Waals surface area contributed by atoms with Crippen molar-refractivity contribution in [1.82, 2.24) is 9.88 Å². The summed E-state index contributed by atoms with van der Waals surface area (Å²) >= 11 is 1.35.